The molecule has 0 N–H and O–H groups in total. The largest absolute Gasteiger partial charge is 0.249 e. The van der Waals surface area contributed by atoms with E-state index in [0.717, 1.165) is 23.4 Å². The second-order valence-electron chi connectivity index (χ2n) is 4.72. The summed E-state index contributed by atoms with van der Waals surface area (Å²) < 4.78 is 2.10. The van der Waals surface area contributed by atoms with E-state index in [0.29, 0.717) is 6.04 Å². The molecule has 16 heavy (non-hydrogen) atoms. The van der Waals surface area contributed by atoms with Gasteiger partial charge >= 0.3 is 0 Å². The predicted molar refractivity (Wildman–Crippen MR) is 68.8 cm³/mol. The monoisotopic (exact) mass is 285 g/mol. The lowest BCUT2D eigenvalue weighted by Gasteiger charge is -2.28. The Balaban J connectivity index is 1.99. The van der Waals surface area contributed by atoms with Crippen LogP contribution in [-0.4, -0.2) is 20.3 Å². The van der Waals surface area contributed by atoms with Crippen molar-refractivity contribution in [1.29, 1.82) is 0 Å². The molecule has 1 heterocycles. The maximum atomic E-state index is 4.27. The van der Waals surface area contributed by atoms with Gasteiger partial charge in [0.05, 0.1) is 11.7 Å². The van der Waals surface area contributed by atoms with Crippen LogP contribution in [0, 0.1) is 5.92 Å². The van der Waals surface area contributed by atoms with E-state index in [9.17, 15) is 0 Å². The quantitative estimate of drug-likeness (QED) is 0.795. The van der Waals surface area contributed by atoms with Gasteiger partial charge < -0.3 is 0 Å². The fourth-order valence-corrected chi connectivity index (χ4v) is 2.98. The van der Waals surface area contributed by atoms with Gasteiger partial charge in [0.1, 0.15) is 0 Å². The summed E-state index contributed by atoms with van der Waals surface area (Å²) in [5.41, 5.74) is 1.11. The summed E-state index contributed by atoms with van der Waals surface area (Å²) in [7, 11) is 0. The van der Waals surface area contributed by atoms with Crippen LogP contribution in [0.1, 0.15) is 50.8 Å². The molecule has 90 valence electrons. The van der Waals surface area contributed by atoms with Gasteiger partial charge in [0.25, 0.3) is 0 Å². The number of hydrogen-bond acceptors (Lipinski definition) is 2. The molecule has 4 heteroatoms. The third-order valence-electron chi connectivity index (χ3n) is 3.61. The van der Waals surface area contributed by atoms with Crippen LogP contribution in [0.3, 0.4) is 0 Å². The van der Waals surface area contributed by atoms with Gasteiger partial charge in [0, 0.05) is 17.9 Å². The maximum Gasteiger partial charge on any atom is 0.0835 e. The minimum Gasteiger partial charge on any atom is -0.249 e. The zero-order chi connectivity index (χ0) is 11.4. The Labute approximate surface area is 106 Å². The summed E-state index contributed by atoms with van der Waals surface area (Å²) >= 11 is 3.44. The third-order valence-corrected chi connectivity index (χ3v) is 4.01. The normalized spacial score (nSPS) is 25.9. The number of alkyl halides is 1. The molecule has 0 bridgehead atoms. The van der Waals surface area contributed by atoms with Crippen molar-refractivity contribution in [3.8, 4) is 0 Å². The number of rotatable bonds is 4. The molecule has 2 rings (SSSR count). The Morgan fingerprint density at radius 3 is 3.12 bits per heavy atom. The number of aromatic nitrogens is 3. The van der Waals surface area contributed by atoms with Crippen LogP contribution in [0.4, 0.5) is 0 Å². The van der Waals surface area contributed by atoms with E-state index >= 15 is 0 Å². The topological polar surface area (TPSA) is 30.7 Å². The average Bonchev–Trinajstić information content (AvgIpc) is 2.78. The van der Waals surface area contributed by atoms with E-state index in [2.05, 4.69) is 44.0 Å². The molecule has 1 saturated carbocycles. The fraction of sp³-hybridized carbons (Fsp3) is 0.833. The second kappa shape index (κ2) is 5.80. The lowest BCUT2D eigenvalue weighted by atomic mass is 9.84. The highest BCUT2D eigenvalue weighted by Crippen LogP contribution is 2.33. The highest BCUT2D eigenvalue weighted by atomic mass is 79.9. The lowest BCUT2D eigenvalue weighted by molar-refractivity contribution is 0.245. The van der Waals surface area contributed by atoms with Crippen molar-refractivity contribution < 1.29 is 0 Å². The molecule has 0 radical (unpaired) electrons. The van der Waals surface area contributed by atoms with Gasteiger partial charge in [-0.05, 0) is 18.8 Å². The molecule has 1 aliphatic rings. The first-order valence-electron chi connectivity index (χ1n) is 6.30. The van der Waals surface area contributed by atoms with Gasteiger partial charge in [0.2, 0.25) is 0 Å². The molecule has 0 spiro atoms. The Kier molecular flexibility index (Phi) is 4.38. The van der Waals surface area contributed by atoms with Crippen LogP contribution in [0.25, 0.3) is 0 Å². The first-order chi connectivity index (χ1) is 7.83. The SMILES string of the molecule is CCC1CCCC(n2cc(CCBr)nn2)C1. The van der Waals surface area contributed by atoms with E-state index in [1.54, 1.807) is 0 Å². The highest BCUT2D eigenvalue weighted by Gasteiger charge is 2.22. The molecule has 0 aliphatic heterocycles. The Hall–Kier alpha value is -0.380. The molecule has 1 aromatic rings. The van der Waals surface area contributed by atoms with Crippen LogP contribution >= 0.6 is 15.9 Å². The minimum absolute atomic E-state index is 0.593. The maximum absolute atomic E-state index is 4.27. The molecule has 0 amide bonds. The van der Waals surface area contributed by atoms with Crippen LogP contribution in [0.15, 0.2) is 6.20 Å². The summed E-state index contributed by atoms with van der Waals surface area (Å²) in [5.74, 6) is 0.891. The Bertz CT molecular complexity index is 324. The summed E-state index contributed by atoms with van der Waals surface area (Å²) in [6, 6.07) is 0.593. The molecule has 3 nitrogen and oxygen atoms in total. The van der Waals surface area contributed by atoms with Gasteiger partial charge in [-0.25, -0.2) is 4.68 Å². The van der Waals surface area contributed by atoms with Crippen molar-refractivity contribution in [2.45, 2.75) is 51.5 Å². The van der Waals surface area contributed by atoms with Crippen molar-refractivity contribution in [3.05, 3.63) is 11.9 Å². The molecule has 2 atom stereocenters. The molecule has 1 aliphatic carbocycles. The van der Waals surface area contributed by atoms with Gasteiger partial charge in [-0.3, -0.25) is 0 Å². The number of nitrogens with zero attached hydrogens (tertiary/aromatic N) is 3. The predicted octanol–water partition coefficient (Wildman–Crippen LogP) is 3.36. The van der Waals surface area contributed by atoms with E-state index in [4.69, 9.17) is 0 Å². The van der Waals surface area contributed by atoms with Gasteiger partial charge in [-0.1, -0.05) is 47.3 Å². The molecular formula is C12H20BrN3. The van der Waals surface area contributed by atoms with Crippen molar-refractivity contribution in [2.24, 2.45) is 5.92 Å². The lowest BCUT2D eigenvalue weighted by Crippen LogP contribution is -2.19. The van der Waals surface area contributed by atoms with Gasteiger partial charge in [-0.2, -0.15) is 0 Å². The van der Waals surface area contributed by atoms with Crippen molar-refractivity contribution in [3.63, 3.8) is 0 Å². The first kappa shape index (κ1) is 12.1. The van der Waals surface area contributed by atoms with Gasteiger partial charge in [0.15, 0.2) is 0 Å². The highest BCUT2D eigenvalue weighted by molar-refractivity contribution is 9.09. The summed E-state index contributed by atoms with van der Waals surface area (Å²) in [4.78, 5) is 0. The summed E-state index contributed by atoms with van der Waals surface area (Å²) in [5, 5.41) is 9.45. The van der Waals surface area contributed by atoms with E-state index < -0.39 is 0 Å². The Morgan fingerprint density at radius 1 is 1.50 bits per heavy atom. The third kappa shape index (κ3) is 2.84. The smallest absolute Gasteiger partial charge is 0.0835 e. The van der Waals surface area contributed by atoms with Crippen molar-refractivity contribution in [2.75, 3.05) is 5.33 Å². The van der Waals surface area contributed by atoms with E-state index in [-0.39, 0.29) is 0 Å². The summed E-state index contributed by atoms with van der Waals surface area (Å²) in [6.07, 6.45) is 9.71. The standard InChI is InChI=1S/C12H20BrN3/c1-2-10-4-3-5-12(8-10)16-9-11(6-7-13)14-15-16/h9-10,12H,2-8H2,1H3. The molecular weight excluding hydrogens is 266 g/mol. The number of halogens is 1. The average molecular weight is 286 g/mol. The van der Waals surface area contributed by atoms with E-state index in [1.807, 2.05) is 0 Å². The number of hydrogen-bond donors (Lipinski definition) is 0. The summed E-state index contributed by atoms with van der Waals surface area (Å²) in [6.45, 7) is 2.30. The molecule has 1 aromatic heterocycles. The minimum atomic E-state index is 0.593. The second-order valence-corrected chi connectivity index (χ2v) is 5.52. The molecule has 2 unspecified atom stereocenters. The zero-order valence-electron chi connectivity index (χ0n) is 9.90. The van der Waals surface area contributed by atoms with Crippen LogP contribution in [0.5, 0.6) is 0 Å². The van der Waals surface area contributed by atoms with Crippen LogP contribution < -0.4 is 0 Å². The first-order valence-corrected chi connectivity index (χ1v) is 7.42. The molecule has 0 saturated heterocycles. The fourth-order valence-electron chi connectivity index (χ4n) is 2.58. The van der Waals surface area contributed by atoms with E-state index in [1.165, 1.54) is 32.1 Å². The van der Waals surface area contributed by atoms with Crippen LogP contribution in [-0.2, 0) is 6.42 Å². The van der Waals surface area contributed by atoms with Crippen molar-refractivity contribution >= 4 is 15.9 Å². The zero-order valence-corrected chi connectivity index (χ0v) is 11.5. The van der Waals surface area contributed by atoms with Gasteiger partial charge in [-0.15, -0.1) is 5.10 Å². The number of aryl methyl sites for hydroxylation is 1. The Morgan fingerprint density at radius 2 is 2.38 bits per heavy atom. The molecule has 1 fully saturated rings. The van der Waals surface area contributed by atoms with Crippen molar-refractivity contribution in [1.82, 2.24) is 15.0 Å². The van der Waals surface area contributed by atoms with Crippen LogP contribution in [0.2, 0.25) is 0 Å². The molecule has 0 aromatic carbocycles.